The van der Waals surface area contributed by atoms with Crippen LogP contribution in [0.2, 0.25) is 0 Å². The molecule has 0 fully saturated rings. The summed E-state index contributed by atoms with van der Waals surface area (Å²) in [4.78, 5) is 0. The van der Waals surface area contributed by atoms with Crippen molar-refractivity contribution < 1.29 is 0 Å². The minimum absolute atomic E-state index is 0.872. The highest BCUT2D eigenvalue weighted by Gasteiger charge is 2.30. The van der Waals surface area contributed by atoms with Crippen LogP contribution in [0.25, 0.3) is 0 Å². The molecule has 0 aromatic heterocycles. The molecule has 0 heterocycles. The van der Waals surface area contributed by atoms with Crippen molar-refractivity contribution in [2.75, 3.05) is 0 Å². The summed E-state index contributed by atoms with van der Waals surface area (Å²) in [5.41, 5.74) is 3.71. The summed E-state index contributed by atoms with van der Waals surface area (Å²) in [7, 11) is 0. The molecule has 3 atom stereocenters. The first-order valence-corrected chi connectivity index (χ1v) is 6.81. The van der Waals surface area contributed by atoms with Crippen molar-refractivity contribution in [2.45, 2.75) is 59.8 Å². The predicted octanol–water partition coefficient (Wildman–Crippen LogP) is 4.81. The maximum atomic E-state index is 2.45. The average molecular weight is 206 g/mol. The Balaban J connectivity index is 2.20. The van der Waals surface area contributed by atoms with Crippen molar-refractivity contribution >= 4 is 0 Å². The molecule has 2 aliphatic rings. The van der Waals surface area contributed by atoms with Gasteiger partial charge in [0, 0.05) is 0 Å². The van der Waals surface area contributed by atoms with E-state index in [9.17, 15) is 0 Å². The molecule has 0 unspecified atom stereocenters. The quantitative estimate of drug-likeness (QED) is 0.540. The van der Waals surface area contributed by atoms with Gasteiger partial charge < -0.3 is 0 Å². The van der Waals surface area contributed by atoms with E-state index in [0.29, 0.717) is 0 Å². The van der Waals surface area contributed by atoms with E-state index in [0.717, 1.165) is 23.7 Å². The highest BCUT2D eigenvalue weighted by Crippen LogP contribution is 2.45. The van der Waals surface area contributed by atoms with Crippen LogP contribution in [0.4, 0.5) is 0 Å². The largest absolute Gasteiger partial charge is 0.0679 e. The normalized spacial score (nSPS) is 37.0. The van der Waals surface area contributed by atoms with Gasteiger partial charge >= 0.3 is 0 Å². The van der Waals surface area contributed by atoms with Crippen LogP contribution in [-0.2, 0) is 0 Å². The number of allylic oxidation sites excluding steroid dienone is 2. The first-order valence-electron chi connectivity index (χ1n) is 6.81. The summed E-state index contributed by atoms with van der Waals surface area (Å²) in [6.07, 6.45) is 7.15. The zero-order valence-electron chi connectivity index (χ0n) is 10.8. The van der Waals surface area contributed by atoms with Crippen LogP contribution in [-0.4, -0.2) is 0 Å². The van der Waals surface area contributed by atoms with Gasteiger partial charge in [0.1, 0.15) is 0 Å². The number of hydrogen-bond acceptors (Lipinski definition) is 0. The first kappa shape index (κ1) is 11.2. The Morgan fingerprint density at radius 1 is 0.933 bits per heavy atom. The van der Waals surface area contributed by atoms with Gasteiger partial charge in [0.15, 0.2) is 0 Å². The van der Waals surface area contributed by atoms with Crippen LogP contribution < -0.4 is 0 Å². The zero-order valence-corrected chi connectivity index (χ0v) is 10.8. The van der Waals surface area contributed by atoms with Crippen LogP contribution in [0.15, 0.2) is 11.1 Å². The Bertz CT molecular complexity index is 259. The number of rotatable bonds is 1. The lowest BCUT2D eigenvalue weighted by atomic mass is 9.84. The van der Waals surface area contributed by atoms with E-state index in [1.54, 1.807) is 0 Å². The maximum Gasteiger partial charge on any atom is -0.0226 e. The number of hydrogen-bond donors (Lipinski definition) is 0. The highest BCUT2D eigenvalue weighted by atomic mass is 14.4. The molecule has 0 amide bonds. The summed E-state index contributed by atoms with van der Waals surface area (Å²) in [6.45, 7) is 9.70. The fourth-order valence-electron chi connectivity index (χ4n) is 3.51. The van der Waals surface area contributed by atoms with Gasteiger partial charge in [-0.1, -0.05) is 38.8 Å². The second-order valence-corrected chi connectivity index (χ2v) is 6.18. The van der Waals surface area contributed by atoms with Crippen LogP contribution >= 0.6 is 0 Å². The summed E-state index contributed by atoms with van der Waals surface area (Å²) in [5, 5.41) is 0. The SMILES string of the molecule is CC(C)[C@@H]1CC[C@H](C)C2=C(C1)[C@@H](C)CC2. The van der Waals surface area contributed by atoms with Crippen LogP contribution in [0.1, 0.15) is 59.8 Å². The summed E-state index contributed by atoms with van der Waals surface area (Å²) < 4.78 is 0. The van der Waals surface area contributed by atoms with Crippen LogP contribution in [0, 0.1) is 23.7 Å². The van der Waals surface area contributed by atoms with E-state index in [-0.39, 0.29) is 0 Å². The molecule has 0 nitrogen and oxygen atoms in total. The van der Waals surface area contributed by atoms with Gasteiger partial charge in [-0.15, -0.1) is 0 Å². The first-order chi connectivity index (χ1) is 7.09. The molecule has 0 saturated carbocycles. The molecule has 15 heavy (non-hydrogen) atoms. The Labute approximate surface area is 95.1 Å². The Hall–Kier alpha value is -0.260. The van der Waals surface area contributed by atoms with Gasteiger partial charge in [-0.2, -0.15) is 0 Å². The lowest BCUT2D eigenvalue weighted by molar-refractivity contribution is 0.335. The molecule has 0 spiro atoms. The molecular weight excluding hydrogens is 180 g/mol. The van der Waals surface area contributed by atoms with Gasteiger partial charge in [-0.05, 0) is 55.8 Å². The summed E-state index contributed by atoms with van der Waals surface area (Å²) >= 11 is 0. The van der Waals surface area contributed by atoms with E-state index < -0.39 is 0 Å². The van der Waals surface area contributed by atoms with E-state index in [1.165, 1.54) is 32.1 Å². The van der Waals surface area contributed by atoms with Crippen LogP contribution in [0.3, 0.4) is 0 Å². The molecular formula is C15H26. The smallest absolute Gasteiger partial charge is 0.0226 e. The lowest BCUT2D eigenvalue weighted by Gasteiger charge is -2.21. The fraction of sp³-hybridized carbons (Fsp3) is 0.867. The molecule has 0 radical (unpaired) electrons. The second kappa shape index (κ2) is 4.31. The molecule has 0 bridgehead atoms. The molecule has 2 aliphatic carbocycles. The molecule has 0 heteroatoms. The average Bonchev–Trinajstić information content (AvgIpc) is 2.43. The van der Waals surface area contributed by atoms with Gasteiger partial charge in [0.25, 0.3) is 0 Å². The topological polar surface area (TPSA) is 0 Å². The van der Waals surface area contributed by atoms with E-state index in [1.807, 2.05) is 11.1 Å². The monoisotopic (exact) mass is 206 g/mol. The highest BCUT2D eigenvalue weighted by molar-refractivity contribution is 5.25. The minimum Gasteiger partial charge on any atom is -0.0679 e. The minimum atomic E-state index is 0.872. The summed E-state index contributed by atoms with van der Waals surface area (Å²) in [5.74, 6) is 3.60. The van der Waals surface area contributed by atoms with E-state index >= 15 is 0 Å². The second-order valence-electron chi connectivity index (χ2n) is 6.18. The Morgan fingerprint density at radius 2 is 1.60 bits per heavy atom. The molecule has 0 aromatic carbocycles. The fourth-order valence-corrected chi connectivity index (χ4v) is 3.51. The third-order valence-corrected chi connectivity index (χ3v) is 4.84. The molecule has 0 N–H and O–H groups in total. The van der Waals surface area contributed by atoms with Crippen molar-refractivity contribution in [2.24, 2.45) is 23.7 Å². The van der Waals surface area contributed by atoms with Gasteiger partial charge in [0.2, 0.25) is 0 Å². The third-order valence-electron chi connectivity index (χ3n) is 4.84. The predicted molar refractivity (Wildman–Crippen MR) is 66.8 cm³/mol. The Morgan fingerprint density at radius 3 is 2.27 bits per heavy atom. The van der Waals surface area contributed by atoms with Crippen molar-refractivity contribution in [3.63, 3.8) is 0 Å². The molecule has 0 saturated heterocycles. The zero-order chi connectivity index (χ0) is 11.0. The maximum absolute atomic E-state index is 2.45. The standard InChI is InChI=1S/C15H26/c1-10(2)13-7-5-11(3)14-8-6-12(4)15(14)9-13/h10-13H,5-9H2,1-4H3/t11-,12-,13+/m0/s1. The van der Waals surface area contributed by atoms with E-state index in [2.05, 4.69) is 27.7 Å². The van der Waals surface area contributed by atoms with Crippen molar-refractivity contribution in [1.29, 1.82) is 0 Å². The molecule has 2 rings (SSSR count). The van der Waals surface area contributed by atoms with Gasteiger partial charge in [-0.25, -0.2) is 0 Å². The van der Waals surface area contributed by atoms with E-state index in [4.69, 9.17) is 0 Å². The van der Waals surface area contributed by atoms with Crippen LogP contribution in [0.5, 0.6) is 0 Å². The lowest BCUT2D eigenvalue weighted by Crippen LogP contribution is -2.10. The molecule has 0 aliphatic heterocycles. The van der Waals surface area contributed by atoms with Gasteiger partial charge in [0.05, 0.1) is 0 Å². The molecule has 0 aromatic rings. The Kier molecular flexibility index (Phi) is 3.23. The van der Waals surface area contributed by atoms with Crippen molar-refractivity contribution in [3.05, 3.63) is 11.1 Å². The molecule has 86 valence electrons. The van der Waals surface area contributed by atoms with Crippen molar-refractivity contribution in [1.82, 2.24) is 0 Å². The van der Waals surface area contributed by atoms with Crippen molar-refractivity contribution in [3.8, 4) is 0 Å². The summed E-state index contributed by atoms with van der Waals surface area (Å²) in [6, 6.07) is 0. The van der Waals surface area contributed by atoms with Gasteiger partial charge in [-0.3, -0.25) is 0 Å². The third kappa shape index (κ3) is 2.14.